The summed E-state index contributed by atoms with van der Waals surface area (Å²) in [6.07, 6.45) is 3.11. The SMILES string of the molecule is C=CCN(CC=C)CC(O)COc1cc(C)cc(C)c1. The van der Waals surface area contributed by atoms with Crippen molar-refractivity contribution >= 4 is 0 Å². The summed E-state index contributed by atoms with van der Waals surface area (Å²) in [4.78, 5) is 2.06. The van der Waals surface area contributed by atoms with E-state index in [4.69, 9.17) is 4.74 Å². The predicted molar refractivity (Wildman–Crippen MR) is 84.3 cm³/mol. The van der Waals surface area contributed by atoms with Crippen molar-refractivity contribution in [1.82, 2.24) is 4.90 Å². The third kappa shape index (κ3) is 6.04. The Morgan fingerprint density at radius 1 is 1.15 bits per heavy atom. The molecule has 0 bridgehead atoms. The number of ether oxygens (including phenoxy) is 1. The van der Waals surface area contributed by atoms with Gasteiger partial charge in [-0.2, -0.15) is 0 Å². The number of hydrogen-bond donors (Lipinski definition) is 1. The Morgan fingerprint density at radius 3 is 2.20 bits per heavy atom. The minimum absolute atomic E-state index is 0.285. The van der Waals surface area contributed by atoms with Crippen LogP contribution in [0.5, 0.6) is 5.75 Å². The first-order chi connectivity index (χ1) is 9.55. The molecule has 0 spiro atoms. The van der Waals surface area contributed by atoms with Crippen molar-refractivity contribution in [3.05, 3.63) is 54.6 Å². The van der Waals surface area contributed by atoms with Crippen LogP contribution >= 0.6 is 0 Å². The maximum atomic E-state index is 10.0. The second-order valence-corrected chi connectivity index (χ2v) is 5.08. The third-order valence-corrected chi connectivity index (χ3v) is 2.88. The maximum Gasteiger partial charge on any atom is 0.119 e. The van der Waals surface area contributed by atoms with Crippen LogP contribution in [0.4, 0.5) is 0 Å². The Kier molecular flexibility index (Phi) is 7.05. The fourth-order valence-electron chi connectivity index (χ4n) is 2.15. The van der Waals surface area contributed by atoms with E-state index in [0.717, 1.165) is 30.0 Å². The molecule has 0 aromatic heterocycles. The van der Waals surface area contributed by atoms with Gasteiger partial charge in [-0.05, 0) is 37.1 Å². The first-order valence-electron chi connectivity index (χ1n) is 6.88. The number of nitrogens with zero attached hydrogens (tertiary/aromatic N) is 1. The monoisotopic (exact) mass is 275 g/mol. The van der Waals surface area contributed by atoms with Gasteiger partial charge in [0.1, 0.15) is 18.5 Å². The Morgan fingerprint density at radius 2 is 1.70 bits per heavy atom. The fourth-order valence-corrected chi connectivity index (χ4v) is 2.15. The molecule has 0 aliphatic rings. The highest BCUT2D eigenvalue weighted by molar-refractivity contribution is 5.32. The van der Waals surface area contributed by atoms with Gasteiger partial charge in [-0.3, -0.25) is 4.90 Å². The molecule has 0 heterocycles. The lowest BCUT2D eigenvalue weighted by Crippen LogP contribution is -2.35. The Hall–Kier alpha value is -1.58. The fraction of sp³-hybridized carbons (Fsp3) is 0.412. The van der Waals surface area contributed by atoms with Crippen molar-refractivity contribution in [3.8, 4) is 5.75 Å². The van der Waals surface area contributed by atoms with Crippen molar-refractivity contribution in [3.63, 3.8) is 0 Å². The van der Waals surface area contributed by atoms with Gasteiger partial charge in [-0.25, -0.2) is 0 Å². The average molecular weight is 275 g/mol. The van der Waals surface area contributed by atoms with Crippen molar-refractivity contribution in [2.24, 2.45) is 0 Å². The van der Waals surface area contributed by atoms with Gasteiger partial charge >= 0.3 is 0 Å². The van der Waals surface area contributed by atoms with Gasteiger partial charge in [-0.1, -0.05) is 18.2 Å². The topological polar surface area (TPSA) is 32.7 Å². The van der Waals surface area contributed by atoms with E-state index in [0.29, 0.717) is 6.54 Å². The van der Waals surface area contributed by atoms with Crippen LogP contribution in [-0.4, -0.2) is 42.4 Å². The molecule has 0 saturated carbocycles. The van der Waals surface area contributed by atoms with Crippen LogP contribution in [0.15, 0.2) is 43.5 Å². The summed E-state index contributed by atoms with van der Waals surface area (Å²) < 4.78 is 5.66. The molecule has 1 atom stereocenters. The zero-order chi connectivity index (χ0) is 15.0. The van der Waals surface area contributed by atoms with Gasteiger partial charge < -0.3 is 9.84 Å². The van der Waals surface area contributed by atoms with E-state index in [2.05, 4.69) is 24.1 Å². The second kappa shape index (κ2) is 8.56. The van der Waals surface area contributed by atoms with E-state index in [1.54, 1.807) is 0 Å². The minimum Gasteiger partial charge on any atom is -0.491 e. The molecule has 0 radical (unpaired) electrons. The molecular formula is C17H25NO2. The van der Waals surface area contributed by atoms with Crippen molar-refractivity contribution < 1.29 is 9.84 Å². The molecular weight excluding hydrogens is 250 g/mol. The van der Waals surface area contributed by atoms with Gasteiger partial charge in [0.05, 0.1) is 0 Å². The molecule has 3 nitrogen and oxygen atoms in total. The predicted octanol–water partition coefficient (Wildman–Crippen LogP) is 2.72. The summed E-state index contributed by atoms with van der Waals surface area (Å²) in [6.45, 7) is 13.8. The molecule has 0 amide bonds. The Labute approximate surface area is 122 Å². The molecule has 1 unspecified atom stereocenters. The molecule has 0 aliphatic heterocycles. The molecule has 1 rings (SSSR count). The quantitative estimate of drug-likeness (QED) is 0.703. The highest BCUT2D eigenvalue weighted by Crippen LogP contribution is 2.16. The van der Waals surface area contributed by atoms with Gasteiger partial charge in [0, 0.05) is 19.6 Å². The smallest absolute Gasteiger partial charge is 0.119 e. The van der Waals surface area contributed by atoms with E-state index in [9.17, 15) is 5.11 Å². The standard InChI is InChI=1S/C17H25NO2/c1-5-7-18(8-6-2)12-16(19)13-20-17-10-14(3)9-15(4)11-17/h5-6,9-11,16,19H,1-2,7-8,12-13H2,3-4H3. The molecule has 20 heavy (non-hydrogen) atoms. The molecule has 3 heteroatoms. The molecule has 0 saturated heterocycles. The largest absolute Gasteiger partial charge is 0.491 e. The number of hydrogen-bond acceptors (Lipinski definition) is 3. The zero-order valence-electron chi connectivity index (χ0n) is 12.5. The highest BCUT2D eigenvalue weighted by atomic mass is 16.5. The zero-order valence-corrected chi connectivity index (χ0v) is 12.5. The Bertz CT molecular complexity index is 412. The van der Waals surface area contributed by atoms with E-state index >= 15 is 0 Å². The molecule has 1 aromatic rings. The van der Waals surface area contributed by atoms with Crippen molar-refractivity contribution in [2.75, 3.05) is 26.2 Å². The average Bonchev–Trinajstić information content (AvgIpc) is 2.36. The molecule has 1 aromatic carbocycles. The van der Waals surface area contributed by atoms with Crippen LogP contribution in [0.1, 0.15) is 11.1 Å². The molecule has 0 fully saturated rings. The van der Waals surface area contributed by atoms with Crippen LogP contribution in [0.25, 0.3) is 0 Å². The van der Waals surface area contributed by atoms with Gasteiger partial charge in [0.25, 0.3) is 0 Å². The third-order valence-electron chi connectivity index (χ3n) is 2.88. The van der Waals surface area contributed by atoms with Crippen molar-refractivity contribution in [1.29, 1.82) is 0 Å². The summed E-state index contributed by atoms with van der Waals surface area (Å²) in [5.41, 5.74) is 2.32. The lowest BCUT2D eigenvalue weighted by Gasteiger charge is -2.22. The molecule has 0 aliphatic carbocycles. The normalized spacial score (nSPS) is 12.2. The lowest BCUT2D eigenvalue weighted by atomic mass is 10.1. The first kappa shape index (κ1) is 16.5. The summed E-state index contributed by atoms with van der Waals surface area (Å²) in [6, 6.07) is 6.05. The highest BCUT2D eigenvalue weighted by Gasteiger charge is 2.10. The van der Waals surface area contributed by atoms with Crippen LogP contribution in [-0.2, 0) is 0 Å². The van der Waals surface area contributed by atoms with Gasteiger partial charge in [-0.15, -0.1) is 13.2 Å². The number of aliphatic hydroxyl groups excluding tert-OH is 1. The number of aryl methyl sites for hydroxylation is 2. The maximum absolute atomic E-state index is 10.0. The van der Waals surface area contributed by atoms with Gasteiger partial charge in [0.15, 0.2) is 0 Å². The molecule has 1 N–H and O–H groups in total. The van der Waals surface area contributed by atoms with E-state index in [-0.39, 0.29) is 6.61 Å². The number of aliphatic hydroxyl groups is 1. The lowest BCUT2D eigenvalue weighted by molar-refractivity contribution is 0.0754. The van der Waals surface area contributed by atoms with Crippen LogP contribution in [0, 0.1) is 13.8 Å². The summed E-state index contributed by atoms with van der Waals surface area (Å²) in [5, 5.41) is 10.0. The first-order valence-corrected chi connectivity index (χ1v) is 6.88. The van der Waals surface area contributed by atoms with Crippen LogP contribution in [0.2, 0.25) is 0 Å². The molecule has 110 valence electrons. The minimum atomic E-state index is -0.532. The van der Waals surface area contributed by atoms with Crippen LogP contribution < -0.4 is 4.74 Å². The van der Waals surface area contributed by atoms with E-state index in [1.807, 2.05) is 38.1 Å². The van der Waals surface area contributed by atoms with E-state index < -0.39 is 6.10 Å². The number of rotatable bonds is 9. The summed E-state index contributed by atoms with van der Waals surface area (Å²) >= 11 is 0. The second-order valence-electron chi connectivity index (χ2n) is 5.08. The van der Waals surface area contributed by atoms with Crippen molar-refractivity contribution in [2.45, 2.75) is 20.0 Å². The van der Waals surface area contributed by atoms with Gasteiger partial charge in [0.2, 0.25) is 0 Å². The Balaban J connectivity index is 2.47. The summed E-state index contributed by atoms with van der Waals surface area (Å²) in [5.74, 6) is 0.806. The van der Waals surface area contributed by atoms with E-state index in [1.165, 1.54) is 0 Å². The number of benzene rings is 1. The van der Waals surface area contributed by atoms with Crippen LogP contribution in [0.3, 0.4) is 0 Å². The summed E-state index contributed by atoms with van der Waals surface area (Å²) in [7, 11) is 0.